The van der Waals surface area contributed by atoms with Crippen LogP contribution in [0.1, 0.15) is 5.56 Å². The molecule has 20 heavy (non-hydrogen) atoms. The predicted octanol–water partition coefficient (Wildman–Crippen LogP) is 1.57. The Hall–Kier alpha value is -1.77. The van der Waals surface area contributed by atoms with E-state index < -0.39 is 10.0 Å². The number of aromatic nitrogens is 2. The highest BCUT2D eigenvalue weighted by atomic mass is 35.5. The van der Waals surface area contributed by atoms with Crippen LogP contribution >= 0.6 is 23.8 Å². The molecule has 0 fully saturated rings. The Kier molecular flexibility index (Phi) is 4.17. The van der Waals surface area contributed by atoms with Crippen LogP contribution in [0.4, 0.5) is 5.95 Å². The summed E-state index contributed by atoms with van der Waals surface area (Å²) in [5.74, 6) is -0.0516. The van der Waals surface area contributed by atoms with Crippen LogP contribution in [0.15, 0.2) is 41.6 Å². The first-order valence-electron chi connectivity index (χ1n) is 5.29. The van der Waals surface area contributed by atoms with Crippen molar-refractivity contribution in [2.75, 3.05) is 4.72 Å². The summed E-state index contributed by atoms with van der Waals surface area (Å²) in [6, 6.07) is 5.83. The van der Waals surface area contributed by atoms with Gasteiger partial charge in [-0.25, -0.2) is 23.1 Å². The highest BCUT2D eigenvalue weighted by molar-refractivity contribution is 7.92. The molecule has 0 aliphatic heterocycles. The number of benzene rings is 1. The Bertz CT molecular complexity index is 750. The quantitative estimate of drug-likeness (QED) is 0.827. The second kappa shape index (κ2) is 5.70. The van der Waals surface area contributed by atoms with Gasteiger partial charge in [-0.15, -0.1) is 0 Å². The second-order valence-corrected chi connectivity index (χ2v) is 6.19. The lowest BCUT2D eigenvalue weighted by molar-refractivity contribution is 0.601. The lowest BCUT2D eigenvalue weighted by Crippen LogP contribution is -2.17. The SMILES string of the molecule is NC(=S)c1ccc(Cl)c(S(=O)(=O)Nc2ncccn2)c1. The van der Waals surface area contributed by atoms with E-state index >= 15 is 0 Å². The maximum atomic E-state index is 12.2. The topological polar surface area (TPSA) is 98.0 Å². The molecule has 6 nitrogen and oxygen atoms in total. The van der Waals surface area contributed by atoms with Crippen molar-refractivity contribution >= 4 is 44.8 Å². The summed E-state index contributed by atoms with van der Waals surface area (Å²) in [6.45, 7) is 0. The van der Waals surface area contributed by atoms with E-state index in [0.29, 0.717) is 5.56 Å². The van der Waals surface area contributed by atoms with Crippen molar-refractivity contribution < 1.29 is 8.42 Å². The van der Waals surface area contributed by atoms with E-state index in [0.717, 1.165) is 0 Å². The lowest BCUT2D eigenvalue weighted by atomic mass is 10.2. The molecule has 0 aliphatic rings. The first-order chi connectivity index (χ1) is 9.40. The van der Waals surface area contributed by atoms with Crippen LogP contribution in [0.2, 0.25) is 5.02 Å². The van der Waals surface area contributed by atoms with Gasteiger partial charge in [-0.05, 0) is 18.2 Å². The van der Waals surface area contributed by atoms with Gasteiger partial charge < -0.3 is 5.73 Å². The van der Waals surface area contributed by atoms with Gasteiger partial charge in [0.05, 0.1) is 5.02 Å². The van der Waals surface area contributed by atoms with Crippen LogP contribution in [0.3, 0.4) is 0 Å². The summed E-state index contributed by atoms with van der Waals surface area (Å²) < 4.78 is 26.7. The molecule has 0 saturated heterocycles. The van der Waals surface area contributed by atoms with Crippen LogP contribution in [-0.4, -0.2) is 23.4 Å². The Morgan fingerprint density at radius 3 is 2.55 bits per heavy atom. The monoisotopic (exact) mass is 328 g/mol. The summed E-state index contributed by atoms with van der Waals surface area (Å²) in [5.41, 5.74) is 5.88. The minimum atomic E-state index is -3.92. The van der Waals surface area contributed by atoms with Crippen molar-refractivity contribution in [3.05, 3.63) is 47.2 Å². The van der Waals surface area contributed by atoms with Gasteiger partial charge in [0.1, 0.15) is 9.88 Å². The van der Waals surface area contributed by atoms with Crippen molar-refractivity contribution in [3.8, 4) is 0 Å². The van der Waals surface area contributed by atoms with Gasteiger partial charge in [-0.2, -0.15) is 0 Å². The van der Waals surface area contributed by atoms with Crippen LogP contribution in [0.5, 0.6) is 0 Å². The first kappa shape index (κ1) is 14.6. The zero-order chi connectivity index (χ0) is 14.8. The smallest absolute Gasteiger partial charge is 0.265 e. The molecule has 0 bridgehead atoms. The van der Waals surface area contributed by atoms with E-state index in [1.807, 2.05) is 0 Å². The number of anilines is 1. The van der Waals surface area contributed by atoms with Crippen molar-refractivity contribution in [3.63, 3.8) is 0 Å². The third-order valence-corrected chi connectivity index (χ3v) is 4.34. The lowest BCUT2D eigenvalue weighted by Gasteiger charge is -2.09. The Balaban J connectivity index is 2.44. The van der Waals surface area contributed by atoms with Crippen LogP contribution in [0.25, 0.3) is 0 Å². The fraction of sp³-hybridized carbons (Fsp3) is 0. The van der Waals surface area contributed by atoms with E-state index in [9.17, 15) is 8.42 Å². The van der Waals surface area contributed by atoms with Crippen molar-refractivity contribution in [1.82, 2.24) is 9.97 Å². The average molecular weight is 329 g/mol. The van der Waals surface area contributed by atoms with Gasteiger partial charge >= 0.3 is 0 Å². The number of nitrogens with zero attached hydrogens (tertiary/aromatic N) is 2. The van der Waals surface area contributed by atoms with Crippen LogP contribution in [0, 0.1) is 0 Å². The molecule has 3 N–H and O–H groups in total. The minimum Gasteiger partial charge on any atom is -0.389 e. The normalized spacial score (nSPS) is 11.1. The standard InChI is InChI=1S/C11H9ClN4O2S2/c12-8-3-2-7(10(13)19)6-9(8)20(17,18)16-11-14-4-1-5-15-11/h1-6H,(H2,13,19)(H,14,15,16). The number of hydrogen-bond donors (Lipinski definition) is 2. The number of sulfonamides is 1. The molecular weight excluding hydrogens is 320 g/mol. The molecule has 2 aromatic rings. The fourth-order valence-corrected chi connectivity index (χ4v) is 3.00. The summed E-state index contributed by atoms with van der Waals surface area (Å²) in [4.78, 5) is 7.50. The summed E-state index contributed by atoms with van der Waals surface area (Å²) >= 11 is 10.7. The van der Waals surface area contributed by atoms with E-state index in [1.165, 1.54) is 24.5 Å². The number of halogens is 1. The predicted molar refractivity (Wildman–Crippen MR) is 80.2 cm³/mol. The molecule has 2 rings (SSSR count). The maximum absolute atomic E-state index is 12.2. The Morgan fingerprint density at radius 1 is 1.30 bits per heavy atom. The molecule has 0 unspecified atom stereocenters. The molecule has 0 saturated carbocycles. The molecule has 0 aliphatic carbocycles. The average Bonchev–Trinajstić information content (AvgIpc) is 2.39. The van der Waals surface area contributed by atoms with Gasteiger partial charge in [0.25, 0.3) is 10.0 Å². The Morgan fingerprint density at radius 2 is 1.95 bits per heavy atom. The van der Waals surface area contributed by atoms with Gasteiger partial charge in [0.15, 0.2) is 0 Å². The van der Waals surface area contributed by atoms with Gasteiger partial charge in [-0.1, -0.05) is 29.9 Å². The third-order valence-electron chi connectivity index (χ3n) is 2.30. The molecule has 0 amide bonds. The molecule has 1 heterocycles. The maximum Gasteiger partial charge on any atom is 0.265 e. The van der Waals surface area contributed by atoms with Crippen molar-refractivity contribution in [2.24, 2.45) is 5.73 Å². The van der Waals surface area contributed by atoms with E-state index in [4.69, 9.17) is 29.6 Å². The molecule has 1 aromatic heterocycles. The summed E-state index contributed by atoms with van der Waals surface area (Å²) in [7, 11) is -3.92. The highest BCUT2D eigenvalue weighted by Crippen LogP contribution is 2.24. The number of nitrogens with one attached hydrogen (secondary N) is 1. The Labute approximate surface area is 126 Å². The van der Waals surface area contributed by atoms with Gasteiger partial charge in [0.2, 0.25) is 5.95 Å². The molecule has 0 radical (unpaired) electrons. The van der Waals surface area contributed by atoms with Crippen molar-refractivity contribution in [2.45, 2.75) is 4.90 Å². The van der Waals surface area contributed by atoms with Gasteiger partial charge in [-0.3, -0.25) is 0 Å². The number of nitrogens with two attached hydrogens (primary N) is 1. The van der Waals surface area contributed by atoms with Crippen molar-refractivity contribution in [1.29, 1.82) is 0 Å². The molecule has 0 atom stereocenters. The zero-order valence-electron chi connectivity index (χ0n) is 9.95. The molecule has 1 aromatic carbocycles. The first-order valence-corrected chi connectivity index (χ1v) is 7.56. The number of hydrogen-bond acceptors (Lipinski definition) is 5. The van der Waals surface area contributed by atoms with Gasteiger partial charge in [0, 0.05) is 18.0 Å². The fourth-order valence-electron chi connectivity index (χ4n) is 1.39. The minimum absolute atomic E-state index is 0.0495. The largest absolute Gasteiger partial charge is 0.389 e. The molecule has 0 spiro atoms. The summed E-state index contributed by atoms with van der Waals surface area (Å²) in [5, 5.41) is 0.0495. The molecule has 9 heteroatoms. The highest BCUT2D eigenvalue weighted by Gasteiger charge is 2.20. The van der Waals surface area contributed by atoms with E-state index in [1.54, 1.807) is 12.1 Å². The second-order valence-electron chi connectivity index (χ2n) is 3.69. The molecular formula is C11H9ClN4O2S2. The number of rotatable bonds is 4. The molecule has 104 valence electrons. The van der Waals surface area contributed by atoms with E-state index in [-0.39, 0.29) is 20.9 Å². The summed E-state index contributed by atoms with van der Waals surface area (Å²) in [6.07, 6.45) is 2.83. The zero-order valence-corrected chi connectivity index (χ0v) is 12.3. The third kappa shape index (κ3) is 3.21. The van der Waals surface area contributed by atoms with E-state index in [2.05, 4.69) is 14.7 Å². The van der Waals surface area contributed by atoms with Crippen LogP contribution < -0.4 is 10.5 Å². The van der Waals surface area contributed by atoms with Crippen LogP contribution in [-0.2, 0) is 10.0 Å². The number of thiocarbonyl (C=S) groups is 1.